The van der Waals surface area contributed by atoms with E-state index in [0.29, 0.717) is 12.8 Å². The van der Waals surface area contributed by atoms with Crippen molar-refractivity contribution in [3.05, 3.63) is 42.2 Å². The van der Waals surface area contributed by atoms with Gasteiger partial charge in [-0.25, -0.2) is 14.1 Å². The molecule has 1 aliphatic carbocycles. The molecule has 0 radical (unpaired) electrons. The molecule has 1 aliphatic rings. The molecule has 0 aliphatic heterocycles. The fourth-order valence-electron chi connectivity index (χ4n) is 3.08. The van der Waals surface area contributed by atoms with Gasteiger partial charge in [-0.1, -0.05) is 25.7 Å². The summed E-state index contributed by atoms with van der Waals surface area (Å²) in [7, 11) is 0. The average Bonchev–Trinajstić information content (AvgIpc) is 3.01. The van der Waals surface area contributed by atoms with Crippen molar-refractivity contribution in [2.75, 3.05) is 6.54 Å². The third-order valence-corrected chi connectivity index (χ3v) is 4.49. The highest BCUT2D eigenvalue weighted by molar-refractivity contribution is 5.94. The topological polar surface area (TPSA) is 80.0 Å². The summed E-state index contributed by atoms with van der Waals surface area (Å²) in [6, 6.07) is 4.19. The molecule has 1 aromatic carbocycles. The summed E-state index contributed by atoms with van der Waals surface area (Å²) in [5.41, 5.74) is -0.411. The van der Waals surface area contributed by atoms with Crippen LogP contribution in [-0.4, -0.2) is 37.9 Å². The Bertz CT molecular complexity index is 695. The summed E-state index contributed by atoms with van der Waals surface area (Å²) in [6.45, 7) is 0.193. The summed E-state index contributed by atoms with van der Waals surface area (Å²) < 4.78 is 15.5. The van der Waals surface area contributed by atoms with E-state index in [4.69, 9.17) is 0 Å². The van der Waals surface area contributed by atoms with E-state index in [0.717, 1.165) is 25.7 Å². The van der Waals surface area contributed by atoms with Gasteiger partial charge in [-0.15, -0.1) is 0 Å². The number of amides is 1. The first kappa shape index (κ1) is 16.6. The Labute approximate surface area is 139 Å². The Morgan fingerprint density at radius 1 is 1.29 bits per heavy atom. The van der Waals surface area contributed by atoms with Gasteiger partial charge in [0.25, 0.3) is 5.91 Å². The van der Waals surface area contributed by atoms with Crippen molar-refractivity contribution in [2.45, 2.75) is 44.1 Å². The van der Waals surface area contributed by atoms with Gasteiger partial charge in [0.2, 0.25) is 0 Å². The van der Waals surface area contributed by atoms with Gasteiger partial charge in [0, 0.05) is 12.1 Å². The van der Waals surface area contributed by atoms with E-state index in [1.807, 2.05) is 0 Å². The van der Waals surface area contributed by atoms with E-state index in [1.54, 1.807) is 0 Å². The number of benzene rings is 1. The van der Waals surface area contributed by atoms with Gasteiger partial charge in [0.1, 0.15) is 24.2 Å². The zero-order chi connectivity index (χ0) is 17.0. The first-order valence-corrected chi connectivity index (χ1v) is 8.23. The number of aliphatic hydroxyl groups is 1. The van der Waals surface area contributed by atoms with Crippen molar-refractivity contribution in [1.29, 1.82) is 0 Å². The maximum atomic E-state index is 14.2. The van der Waals surface area contributed by atoms with Crippen LogP contribution in [0.3, 0.4) is 0 Å². The lowest BCUT2D eigenvalue weighted by molar-refractivity contribution is 0.0246. The molecule has 6 nitrogen and oxygen atoms in total. The summed E-state index contributed by atoms with van der Waals surface area (Å²) in [6.07, 6.45) is 8.24. The molecular weight excluding hydrogens is 311 g/mol. The van der Waals surface area contributed by atoms with Crippen LogP contribution in [0.5, 0.6) is 0 Å². The normalized spacial score (nSPS) is 17.2. The molecule has 3 rings (SSSR count). The lowest BCUT2D eigenvalue weighted by atomic mass is 9.94. The number of halogens is 1. The minimum atomic E-state index is -0.856. The number of rotatable bonds is 4. The maximum absolute atomic E-state index is 14.2. The number of carbonyl (C=O) groups is 1. The van der Waals surface area contributed by atoms with Crippen LogP contribution in [-0.2, 0) is 0 Å². The second-order valence-corrected chi connectivity index (χ2v) is 6.33. The summed E-state index contributed by atoms with van der Waals surface area (Å²) in [5, 5.41) is 17.2. The molecule has 2 aromatic rings. The molecule has 1 fully saturated rings. The molecule has 1 amide bonds. The molecule has 128 valence electrons. The minimum Gasteiger partial charge on any atom is -0.388 e. The molecule has 1 heterocycles. The van der Waals surface area contributed by atoms with E-state index < -0.39 is 17.3 Å². The highest BCUT2D eigenvalue weighted by Crippen LogP contribution is 2.26. The van der Waals surface area contributed by atoms with Gasteiger partial charge < -0.3 is 10.4 Å². The maximum Gasteiger partial charge on any atom is 0.251 e. The van der Waals surface area contributed by atoms with Gasteiger partial charge in [-0.05, 0) is 31.0 Å². The number of nitrogens with zero attached hydrogens (tertiary/aromatic N) is 3. The van der Waals surface area contributed by atoms with Crippen molar-refractivity contribution in [1.82, 2.24) is 20.1 Å². The van der Waals surface area contributed by atoms with Crippen molar-refractivity contribution in [3.8, 4) is 5.69 Å². The predicted molar refractivity (Wildman–Crippen MR) is 86.3 cm³/mol. The van der Waals surface area contributed by atoms with E-state index in [9.17, 15) is 14.3 Å². The van der Waals surface area contributed by atoms with Crippen LogP contribution in [0.2, 0.25) is 0 Å². The van der Waals surface area contributed by atoms with Crippen molar-refractivity contribution in [2.24, 2.45) is 0 Å². The Morgan fingerprint density at radius 2 is 2.04 bits per heavy atom. The van der Waals surface area contributed by atoms with Gasteiger partial charge in [0.15, 0.2) is 0 Å². The van der Waals surface area contributed by atoms with Gasteiger partial charge >= 0.3 is 0 Å². The number of hydrogen-bond acceptors (Lipinski definition) is 4. The molecule has 0 saturated heterocycles. The number of nitrogens with one attached hydrogen (secondary N) is 1. The molecule has 0 atom stereocenters. The predicted octanol–water partition coefficient (Wildman–Crippen LogP) is 2.22. The number of hydrogen-bond donors (Lipinski definition) is 2. The average molecular weight is 332 g/mol. The standard InChI is InChI=1S/C17H21FN4O2/c18-14-9-13(5-6-15(14)22-12-19-11-21-22)16(23)20-10-17(24)7-3-1-2-4-8-17/h5-6,9,11-12,24H,1-4,7-8,10H2,(H,20,23). The highest BCUT2D eigenvalue weighted by Gasteiger charge is 2.28. The van der Waals surface area contributed by atoms with Crippen LogP contribution in [0, 0.1) is 5.82 Å². The Morgan fingerprint density at radius 3 is 2.67 bits per heavy atom. The summed E-state index contributed by atoms with van der Waals surface area (Å²) in [5.74, 6) is -0.946. The smallest absolute Gasteiger partial charge is 0.251 e. The Hall–Kier alpha value is -2.28. The van der Waals surface area contributed by atoms with Crippen molar-refractivity contribution < 1.29 is 14.3 Å². The molecule has 0 bridgehead atoms. The molecule has 2 N–H and O–H groups in total. The summed E-state index contributed by atoms with van der Waals surface area (Å²) >= 11 is 0. The molecule has 0 spiro atoms. The second kappa shape index (κ2) is 7.09. The molecule has 1 saturated carbocycles. The fourth-order valence-corrected chi connectivity index (χ4v) is 3.08. The van der Waals surface area contributed by atoms with Crippen LogP contribution < -0.4 is 5.32 Å². The van der Waals surface area contributed by atoms with Gasteiger partial charge in [-0.2, -0.15) is 5.10 Å². The van der Waals surface area contributed by atoms with E-state index in [1.165, 1.54) is 35.5 Å². The molecule has 1 aromatic heterocycles. The second-order valence-electron chi connectivity index (χ2n) is 6.33. The van der Waals surface area contributed by atoms with Crippen molar-refractivity contribution >= 4 is 5.91 Å². The van der Waals surface area contributed by atoms with Gasteiger partial charge in [0.05, 0.1) is 5.60 Å². The number of aromatic nitrogens is 3. The van der Waals surface area contributed by atoms with E-state index >= 15 is 0 Å². The lowest BCUT2D eigenvalue weighted by Gasteiger charge is -2.26. The fraction of sp³-hybridized carbons (Fsp3) is 0.471. The monoisotopic (exact) mass is 332 g/mol. The Kier molecular flexibility index (Phi) is 4.89. The highest BCUT2D eigenvalue weighted by atomic mass is 19.1. The summed E-state index contributed by atoms with van der Waals surface area (Å²) in [4.78, 5) is 16.0. The molecule has 7 heteroatoms. The van der Waals surface area contributed by atoms with E-state index in [2.05, 4.69) is 15.4 Å². The Balaban J connectivity index is 1.66. The third-order valence-electron chi connectivity index (χ3n) is 4.49. The molecule has 0 unspecified atom stereocenters. The first-order valence-electron chi connectivity index (χ1n) is 8.23. The largest absolute Gasteiger partial charge is 0.388 e. The minimum absolute atomic E-state index is 0.193. The SMILES string of the molecule is O=C(NCC1(O)CCCCCC1)c1ccc(-n2cncn2)c(F)c1. The van der Waals surface area contributed by atoms with Crippen LogP contribution in [0.1, 0.15) is 48.9 Å². The van der Waals surface area contributed by atoms with Crippen LogP contribution in [0.4, 0.5) is 4.39 Å². The van der Waals surface area contributed by atoms with E-state index in [-0.39, 0.29) is 17.8 Å². The van der Waals surface area contributed by atoms with Crippen LogP contribution >= 0.6 is 0 Å². The van der Waals surface area contributed by atoms with Crippen molar-refractivity contribution in [3.63, 3.8) is 0 Å². The third kappa shape index (κ3) is 3.79. The van der Waals surface area contributed by atoms with Crippen LogP contribution in [0.25, 0.3) is 5.69 Å². The lowest BCUT2D eigenvalue weighted by Crippen LogP contribution is -2.42. The van der Waals surface area contributed by atoms with Crippen LogP contribution in [0.15, 0.2) is 30.9 Å². The molecule has 24 heavy (non-hydrogen) atoms. The zero-order valence-corrected chi connectivity index (χ0v) is 13.4. The van der Waals surface area contributed by atoms with Gasteiger partial charge in [-0.3, -0.25) is 4.79 Å². The zero-order valence-electron chi connectivity index (χ0n) is 13.4. The number of carbonyl (C=O) groups excluding carboxylic acids is 1. The quantitative estimate of drug-likeness (QED) is 0.842. The molecular formula is C17H21FN4O2. The first-order chi connectivity index (χ1) is 11.6.